The van der Waals surface area contributed by atoms with E-state index in [1.165, 1.54) is 13.3 Å². The molecule has 1 fully saturated rings. The maximum atomic E-state index is 11.7. The number of hydrogen-bond donors (Lipinski definition) is 1. The first-order valence-corrected chi connectivity index (χ1v) is 7.82. The van der Waals surface area contributed by atoms with E-state index in [1.54, 1.807) is 32.4 Å². The molecular formula is C15H17N3O5S. The van der Waals surface area contributed by atoms with Gasteiger partial charge in [-0.25, -0.2) is 0 Å². The molecule has 0 aliphatic carbocycles. The molecule has 1 aliphatic rings. The smallest absolute Gasteiger partial charge is 0.307 e. The molecule has 0 bridgehead atoms. The highest BCUT2D eigenvalue weighted by Gasteiger charge is 2.32. The van der Waals surface area contributed by atoms with E-state index in [0.717, 1.165) is 17.3 Å². The summed E-state index contributed by atoms with van der Waals surface area (Å²) < 4.78 is 14.9. The van der Waals surface area contributed by atoms with Crippen molar-refractivity contribution in [2.24, 2.45) is 10.2 Å². The van der Waals surface area contributed by atoms with Crippen molar-refractivity contribution in [3.05, 3.63) is 23.8 Å². The molecule has 2 rings (SSSR count). The maximum absolute atomic E-state index is 11.7. The molecule has 0 saturated carbocycles. The SMILES string of the molecule is COC(=O)C[C@@H]1S/C(=N\N=C/c2ccc(OC)c(OC)c2)NC1=O. The summed E-state index contributed by atoms with van der Waals surface area (Å²) >= 11 is 1.14. The number of thioether (sulfide) groups is 1. The molecule has 1 heterocycles. The standard InChI is InChI=1S/C15H17N3O5S/c1-21-10-5-4-9(6-11(10)22-2)8-16-18-15-17-14(20)12(24-15)7-13(19)23-3/h4-6,8,12H,7H2,1-3H3,(H,17,18,20)/b16-8-/t12-/m0/s1. The molecule has 0 unspecified atom stereocenters. The minimum atomic E-state index is -0.549. The summed E-state index contributed by atoms with van der Waals surface area (Å²) in [6.07, 6.45) is 1.51. The molecule has 1 atom stereocenters. The van der Waals surface area contributed by atoms with Gasteiger partial charge in [0.2, 0.25) is 5.91 Å². The number of ether oxygens (including phenoxy) is 3. The summed E-state index contributed by atoms with van der Waals surface area (Å²) in [6, 6.07) is 5.31. The molecule has 9 heteroatoms. The first kappa shape index (κ1) is 17.8. The summed E-state index contributed by atoms with van der Waals surface area (Å²) in [5.41, 5.74) is 0.762. The van der Waals surface area contributed by atoms with E-state index in [4.69, 9.17) is 9.47 Å². The quantitative estimate of drug-likeness (QED) is 0.470. The Morgan fingerprint density at radius 2 is 2.04 bits per heavy atom. The van der Waals surface area contributed by atoms with E-state index in [1.807, 2.05) is 0 Å². The number of amidine groups is 1. The Kier molecular flexibility index (Phi) is 6.19. The molecule has 1 amide bonds. The van der Waals surface area contributed by atoms with Gasteiger partial charge in [0, 0.05) is 0 Å². The highest BCUT2D eigenvalue weighted by atomic mass is 32.2. The molecule has 8 nitrogen and oxygen atoms in total. The van der Waals surface area contributed by atoms with Gasteiger partial charge < -0.3 is 19.5 Å². The fourth-order valence-electron chi connectivity index (χ4n) is 1.90. The van der Waals surface area contributed by atoms with Crippen LogP contribution in [-0.4, -0.2) is 49.8 Å². The average molecular weight is 351 g/mol. The number of benzene rings is 1. The number of amides is 1. The van der Waals surface area contributed by atoms with Crippen LogP contribution in [0, 0.1) is 0 Å². The van der Waals surface area contributed by atoms with Crippen molar-refractivity contribution in [2.75, 3.05) is 21.3 Å². The molecule has 0 aromatic heterocycles. The van der Waals surface area contributed by atoms with Gasteiger partial charge in [-0.2, -0.15) is 5.10 Å². The van der Waals surface area contributed by atoms with Crippen LogP contribution < -0.4 is 14.8 Å². The van der Waals surface area contributed by atoms with Crippen molar-refractivity contribution < 1.29 is 23.8 Å². The van der Waals surface area contributed by atoms with Gasteiger partial charge in [-0.05, 0) is 23.8 Å². The van der Waals surface area contributed by atoms with Crippen molar-refractivity contribution in [2.45, 2.75) is 11.7 Å². The summed E-state index contributed by atoms with van der Waals surface area (Å²) in [6.45, 7) is 0. The molecule has 0 spiro atoms. The zero-order chi connectivity index (χ0) is 17.5. The normalized spacial score (nSPS) is 18.7. The molecule has 1 aromatic rings. The molecular weight excluding hydrogens is 334 g/mol. The van der Waals surface area contributed by atoms with Crippen LogP contribution in [0.3, 0.4) is 0 Å². The third-order valence-corrected chi connectivity index (χ3v) is 4.19. The number of hydrogen-bond acceptors (Lipinski definition) is 8. The first-order chi connectivity index (χ1) is 11.6. The summed E-state index contributed by atoms with van der Waals surface area (Å²) in [7, 11) is 4.38. The van der Waals surface area contributed by atoms with Crippen LogP contribution in [0.4, 0.5) is 0 Å². The van der Waals surface area contributed by atoms with Crippen LogP contribution in [0.1, 0.15) is 12.0 Å². The molecule has 128 valence electrons. The summed E-state index contributed by atoms with van der Waals surface area (Å²) in [5, 5.41) is 10.2. The highest BCUT2D eigenvalue weighted by molar-refractivity contribution is 8.15. The predicted octanol–water partition coefficient (Wildman–Crippen LogP) is 1.19. The Labute approximate surface area is 143 Å². The Balaban J connectivity index is 2.02. The van der Waals surface area contributed by atoms with Crippen molar-refractivity contribution in [3.8, 4) is 11.5 Å². The van der Waals surface area contributed by atoms with Crippen LogP contribution in [0.15, 0.2) is 28.4 Å². The largest absolute Gasteiger partial charge is 0.493 e. The topological polar surface area (TPSA) is 98.6 Å². The van der Waals surface area contributed by atoms with Gasteiger partial charge in [-0.15, -0.1) is 5.10 Å². The van der Waals surface area contributed by atoms with Crippen LogP contribution in [0.5, 0.6) is 11.5 Å². The summed E-state index contributed by atoms with van der Waals surface area (Å²) in [4.78, 5) is 22.9. The predicted molar refractivity (Wildman–Crippen MR) is 90.7 cm³/mol. The molecule has 1 saturated heterocycles. The third-order valence-electron chi connectivity index (χ3n) is 3.12. The Morgan fingerprint density at radius 1 is 1.29 bits per heavy atom. The second kappa shape index (κ2) is 8.34. The van der Waals surface area contributed by atoms with E-state index in [0.29, 0.717) is 16.7 Å². The molecule has 24 heavy (non-hydrogen) atoms. The third kappa shape index (κ3) is 4.48. The van der Waals surface area contributed by atoms with Gasteiger partial charge in [0.1, 0.15) is 5.25 Å². The van der Waals surface area contributed by atoms with Crippen molar-refractivity contribution in [1.29, 1.82) is 0 Å². The van der Waals surface area contributed by atoms with Gasteiger partial charge in [-0.1, -0.05) is 11.8 Å². The Bertz CT molecular complexity index is 690. The monoisotopic (exact) mass is 351 g/mol. The summed E-state index contributed by atoms with van der Waals surface area (Å²) in [5.74, 6) is 0.462. The maximum Gasteiger partial charge on any atom is 0.307 e. The second-order valence-corrected chi connectivity index (χ2v) is 5.83. The van der Waals surface area contributed by atoms with Crippen molar-refractivity contribution in [1.82, 2.24) is 5.32 Å². The van der Waals surface area contributed by atoms with Crippen molar-refractivity contribution in [3.63, 3.8) is 0 Å². The van der Waals surface area contributed by atoms with E-state index in [-0.39, 0.29) is 12.3 Å². The van der Waals surface area contributed by atoms with Crippen LogP contribution in [0.25, 0.3) is 0 Å². The minimum absolute atomic E-state index is 0.00852. The molecule has 1 aliphatic heterocycles. The van der Waals surface area contributed by atoms with Crippen molar-refractivity contribution >= 4 is 35.0 Å². The molecule has 1 N–H and O–H groups in total. The minimum Gasteiger partial charge on any atom is -0.493 e. The van der Waals surface area contributed by atoms with E-state index >= 15 is 0 Å². The van der Waals surface area contributed by atoms with Crippen LogP contribution >= 0.6 is 11.8 Å². The lowest BCUT2D eigenvalue weighted by molar-refractivity contribution is -0.141. The zero-order valence-corrected chi connectivity index (χ0v) is 14.3. The number of rotatable bonds is 6. The number of methoxy groups -OCH3 is 3. The van der Waals surface area contributed by atoms with E-state index < -0.39 is 11.2 Å². The highest BCUT2D eigenvalue weighted by Crippen LogP contribution is 2.27. The van der Waals surface area contributed by atoms with Gasteiger partial charge >= 0.3 is 5.97 Å². The van der Waals surface area contributed by atoms with E-state index in [9.17, 15) is 9.59 Å². The number of nitrogens with zero attached hydrogens (tertiary/aromatic N) is 2. The number of carbonyl (C=O) groups is 2. The van der Waals surface area contributed by atoms with Gasteiger partial charge in [0.05, 0.1) is 34.0 Å². The number of nitrogens with one attached hydrogen (secondary N) is 1. The van der Waals surface area contributed by atoms with Gasteiger partial charge in [0.25, 0.3) is 0 Å². The number of esters is 1. The van der Waals surface area contributed by atoms with Crippen LogP contribution in [0.2, 0.25) is 0 Å². The van der Waals surface area contributed by atoms with Gasteiger partial charge in [0.15, 0.2) is 16.7 Å². The Hall–Kier alpha value is -2.55. The lowest BCUT2D eigenvalue weighted by Crippen LogP contribution is -2.26. The van der Waals surface area contributed by atoms with Gasteiger partial charge in [-0.3, -0.25) is 9.59 Å². The van der Waals surface area contributed by atoms with Crippen LogP contribution in [-0.2, 0) is 14.3 Å². The molecule has 1 aromatic carbocycles. The fourth-order valence-corrected chi connectivity index (χ4v) is 2.81. The lowest BCUT2D eigenvalue weighted by atomic mass is 10.2. The number of carbonyl (C=O) groups excluding carboxylic acids is 2. The molecule has 0 radical (unpaired) electrons. The first-order valence-electron chi connectivity index (χ1n) is 6.94. The average Bonchev–Trinajstić information content (AvgIpc) is 2.94. The van der Waals surface area contributed by atoms with E-state index in [2.05, 4.69) is 20.3 Å². The fraction of sp³-hybridized carbons (Fsp3) is 0.333. The zero-order valence-electron chi connectivity index (χ0n) is 13.4. The Morgan fingerprint density at radius 3 is 2.71 bits per heavy atom. The lowest BCUT2D eigenvalue weighted by Gasteiger charge is -2.07. The second-order valence-electron chi connectivity index (χ2n) is 4.64.